The Morgan fingerprint density at radius 3 is 2.32 bits per heavy atom. The van der Waals surface area contributed by atoms with Crippen molar-refractivity contribution in [3.05, 3.63) is 81.8 Å². The van der Waals surface area contributed by atoms with Gasteiger partial charge < -0.3 is 9.80 Å². The summed E-state index contributed by atoms with van der Waals surface area (Å²) >= 11 is 1.53. The van der Waals surface area contributed by atoms with Crippen LogP contribution >= 0.6 is 11.3 Å². The van der Waals surface area contributed by atoms with Crippen molar-refractivity contribution >= 4 is 22.9 Å². The molecule has 2 heterocycles. The van der Waals surface area contributed by atoms with Crippen molar-refractivity contribution in [2.45, 2.75) is 31.7 Å². The van der Waals surface area contributed by atoms with Crippen LogP contribution in [0.15, 0.2) is 53.9 Å². The third-order valence-electron chi connectivity index (χ3n) is 5.80. The second kappa shape index (κ2) is 9.56. The molecule has 0 spiro atoms. The zero-order valence-electron chi connectivity index (χ0n) is 17.4. The first-order valence-electron chi connectivity index (χ1n) is 10.4. The Morgan fingerprint density at radius 2 is 1.68 bits per heavy atom. The monoisotopic (exact) mass is 441 g/mol. The van der Waals surface area contributed by atoms with Crippen LogP contribution in [0.2, 0.25) is 0 Å². The van der Waals surface area contributed by atoms with Gasteiger partial charge >= 0.3 is 0 Å². The summed E-state index contributed by atoms with van der Waals surface area (Å²) in [7, 11) is 1.87. The van der Waals surface area contributed by atoms with Crippen molar-refractivity contribution in [1.82, 2.24) is 9.88 Å². The lowest BCUT2D eigenvalue weighted by Crippen LogP contribution is -2.46. The van der Waals surface area contributed by atoms with Gasteiger partial charge in [0, 0.05) is 43.7 Å². The molecule has 0 unspecified atom stereocenters. The molecule has 0 saturated carbocycles. The van der Waals surface area contributed by atoms with E-state index >= 15 is 0 Å². The number of nitrogens with zero attached hydrogens (tertiary/aromatic N) is 3. The van der Waals surface area contributed by atoms with Gasteiger partial charge in [-0.1, -0.05) is 12.1 Å². The largest absolute Gasteiger partial charge is 0.371 e. The predicted octanol–water partition coefficient (Wildman–Crippen LogP) is 4.68. The Labute approximate surface area is 185 Å². The molecule has 1 saturated heterocycles. The van der Waals surface area contributed by atoms with Crippen LogP contribution in [0.1, 0.15) is 29.1 Å². The average Bonchev–Trinajstić information content (AvgIpc) is 3.22. The van der Waals surface area contributed by atoms with Crippen LogP contribution in [0, 0.1) is 11.6 Å². The number of piperidine rings is 1. The summed E-state index contributed by atoms with van der Waals surface area (Å²) in [6, 6.07) is 13.2. The number of benzene rings is 2. The molecule has 1 aliphatic rings. The summed E-state index contributed by atoms with van der Waals surface area (Å²) in [4.78, 5) is 21.5. The SMILES string of the molecule is CN(C(=O)Cc1csc(Cc2ccc(F)cc2)n1)C1CCN(c2ccc(F)cc2)CC1. The van der Waals surface area contributed by atoms with Crippen LogP contribution in [0.3, 0.4) is 0 Å². The van der Waals surface area contributed by atoms with Crippen molar-refractivity contribution in [3.63, 3.8) is 0 Å². The van der Waals surface area contributed by atoms with Gasteiger partial charge in [0.2, 0.25) is 5.91 Å². The number of carbonyl (C=O) groups excluding carboxylic acids is 1. The maximum atomic E-state index is 13.1. The van der Waals surface area contributed by atoms with E-state index in [1.807, 2.05) is 17.3 Å². The van der Waals surface area contributed by atoms with Crippen LogP contribution < -0.4 is 4.90 Å². The molecule has 7 heteroatoms. The fourth-order valence-corrected chi connectivity index (χ4v) is 4.76. The molecule has 3 aromatic rings. The smallest absolute Gasteiger partial charge is 0.228 e. The minimum atomic E-state index is -0.249. The summed E-state index contributed by atoms with van der Waals surface area (Å²) < 4.78 is 26.2. The molecular weight excluding hydrogens is 416 g/mol. The topological polar surface area (TPSA) is 36.4 Å². The number of rotatable bonds is 6. The number of hydrogen-bond donors (Lipinski definition) is 0. The zero-order chi connectivity index (χ0) is 21.8. The Balaban J connectivity index is 1.28. The summed E-state index contributed by atoms with van der Waals surface area (Å²) in [6.45, 7) is 1.68. The molecule has 0 bridgehead atoms. The normalized spacial score (nSPS) is 14.6. The Kier molecular flexibility index (Phi) is 6.61. The lowest BCUT2D eigenvalue weighted by molar-refractivity contribution is -0.131. The van der Waals surface area contributed by atoms with Gasteiger partial charge in [0.1, 0.15) is 11.6 Å². The van der Waals surface area contributed by atoms with Gasteiger partial charge in [-0.2, -0.15) is 0 Å². The fraction of sp³-hybridized carbons (Fsp3) is 0.333. The average molecular weight is 442 g/mol. The highest BCUT2D eigenvalue weighted by atomic mass is 32.1. The molecule has 0 radical (unpaired) electrons. The Bertz CT molecular complexity index is 1010. The van der Waals surface area contributed by atoms with E-state index in [0.29, 0.717) is 6.42 Å². The standard InChI is InChI=1S/C24H25F2N3OS/c1-28(21-10-12-29(13-11-21)22-8-6-19(26)7-9-22)24(30)15-20-16-31-23(27-20)14-17-2-4-18(25)5-3-17/h2-9,16,21H,10-15H2,1H3. The maximum Gasteiger partial charge on any atom is 0.228 e. The molecule has 1 aliphatic heterocycles. The lowest BCUT2D eigenvalue weighted by atomic mass is 10.0. The lowest BCUT2D eigenvalue weighted by Gasteiger charge is -2.37. The molecule has 2 aromatic carbocycles. The van der Waals surface area contributed by atoms with Crippen LogP contribution in [0.5, 0.6) is 0 Å². The first-order valence-corrected chi connectivity index (χ1v) is 11.3. The number of hydrogen-bond acceptors (Lipinski definition) is 4. The molecule has 4 nitrogen and oxygen atoms in total. The minimum absolute atomic E-state index is 0.0684. The van der Waals surface area contributed by atoms with E-state index in [-0.39, 0.29) is 30.0 Å². The molecule has 4 rings (SSSR count). The second-order valence-electron chi connectivity index (χ2n) is 7.91. The number of thiazole rings is 1. The number of carbonyl (C=O) groups is 1. The zero-order valence-corrected chi connectivity index (χ0v) is 18.2. The summed E-state index contributed by atoms with van der Waals surface area (Å²) in [6.07, 6.45) is 2.68. The van der Waals surface area contributed by atoms with Gasteiger partial charge in [-0.25, -0.2) is 13.8 Å². The molecular formula is C24H25F2N3OS. The molecule has 0 atom stereocenters. The molecule has 0 N–H and O–H groups in total. The van der Waals surface area contributed by atoms with Crippen LogP contribution in [0.25, 0.3) is 0 Å². The van der Waals surface area contributed by atoms with E-state index < -0.39 is 0 Å². The van der Waals surface area contributed by atoms with Gasteiger partial charge in [0.15, 0.2) is 0 Å². The van der Waals surface area contributed by atoms with Gasteiger partial charge in [-0.3, -0.25) is 4.79 Å². The van der Waals surface area contributed by atoms with Crippen molar-refractivity contribution in [1.29, 1.82) is 0 Å². The van der Waals surface area contributed by atoms with E-state index in [9.17, 15) is 13.6 Å². The molecule has 1 aromatic heterocycles. The Morgan fingerprint density at radius 1 is 1.06 bits per heavy atom. The first-order chi connectivity index (χ1) is 15.0. The molecule has 1 fully saturated rings. The Hall–Kier alpha value is -2.80. The highest BCUT2D eigenvalue weighted by Gasteiger charge is 2.26. The van der Waals surface area contributed by atoms with E-state index in [0.717, 1.165) is 47.9 Å². The predicted molar refractivity (Wildman–Crippen MR) is 119 cm³/mol. The van der Waals surface area contributed by atoms with E-state index in [1.54, 1.807) is 24.3 Å². The third kappa shape index (κ3) is 5.47. The van der Waals surface area contributed by atoms with E-state index in [1.165, 1.54) is 35.6 Å². The quantitative estimate of drug-likeness (QED) is 0.557. The van der Waals surface area contributed by atoms with Crippen molar-refractivity contribution in [3.8, 4) is 0 Å². The third-order valence-corrected chi connectivity index (χ3v) is 6.70. The van der Waals surface area contributed by atoms with E-state index in [4.69, 9.17) is 0 Å². The van der Waals surface area contributed by atoms with Crippen molar-refractivity contribution < 1.29 is 13.6 Å². The molecule has 31 heavy (non-hydrogen) atoms. The highest BCUT2D eigenvalue weighted by molar-refractivity contribution is 7.09. The summed E-state index contributed by atoms with van der Waals surface area (Å²) in [5, 5.41) is 2.85. The van der Waals surface area contributed by atoms with E-state index in [2.05, 4.69) is 9.88 Å². The number of amides is 1. The minimum Gasteiger partial charge on any atom is -0.371 e. The number of anilines is 1. The molecule has 1 amide bonds. The molecule has 0 aliphatic carbocycles. The van der Waals surface area contributed by atoms with Gasteiger partial charge in [-0.05, 0) is 54.8 Å². The van der Waals surface area contributed by atoms with Crippen LogP contribution in [0.4, 0.5) is 14.5 Å². The highest BCUT2D eigenvalue weighted by Crippen LogP contribution is 2.23. The summed E-state index contributed by atoms with van der Waals surface area (Å²) in [5.74, 6) is -0.411. The van der Waals surface area contributed by atoms with Crippen molar-refractivity contribution in [2.75, 3.05) is 25.0 Å². The molecule has 162 valence electrons. The first kappa shape index (κ1) is 21.4. The number of likely N-dealkylation sites (N-methyl/N-ethyl adjacent to an activating group) is 1. The number of halogens is 2. The fourth-order valence-electron chi connectivity index (χ4n) is 3.93. The number of aromatic nitrogens is 1. The summed E-state index contributed by atoms with van der Waals surface area (Å²) in [5.41, 5.74) is 2.80. The van der Waals surface area contributed by atoms with Gasteiger partial charge in [-0.15, -0.1) is 11.3 Å². The maximum absolute atomic E-state index is 13.1. The van der Waals surface area contributed by atoms with Crippen LogP contribution in [-0.4, -0.2) is 42.0 Å². The second-order valence-corrected chi connectivity index (χ2v) is 8.85. The van der Waals surface area contributed by atoms with Crippen molar-refractivity contribution in [2.24, 2.45) is 0 Å². The van der Waals surface area contributed by atoms with Crippen LogP contribution in [-0.2, 0) is 17.6 Å². The van der Waals surface area contributed by atoms with Gasteiger partial charge in [0.05, 0.1) is 17.1 Å². The van der Waals surface area contributed by atoms with Gasteiger partial charge in [0.25, 0.3) is 0 Å².